The molecule has 0 spiro atoms. The summed E-state index contributed by atoms with van der Waals surface area (Å²) >= 11 is 2.31. The molecule has 0 N–H and O–H groups in total. The van der Waals surface area contributed by atoms with E-state index < -0.39 is 0 Å². The van der Waals surface area contributed by atoms with E-state index in [2.05, 4.69) is 30.9 Å². The molecule has 0 aromatic rings. The third kappa shape index (κ3) is 2.51. The zero-order valence-corrected chi connectivity index (χ0v) is 7.95. The highest BCUT2D eigenvalue weighted by molar-refractivity contribution is 14.1. The molecule has 0 radical (unpaired) electrons. The van der Waals surface area contributed by atoms with Gasteiger partial charge in [0.1, 0.15) is 6.29 Å². The maximum absolute atomic E-state index is 10.1. The van der Waals surface area contributed by atoms with Crippen LogP contribution in [0.25, 0.3) is 0 Å². The molecule has 0 aromatic carbocycles. The molecule has 0 saturated carbocycles. The van der Waals surface area contributed by atoms with Gasteiger partial charge in [-0.25, -0.2) is 3.11 Å². The summed E-state index contributed by atoms with van der Waals surface area (Å²) in [5.74, 6) is 0. The second kappa shape index (κ2) is 4.25. The average molecular weight is 254 g/mol. The van der Waals surface area contributed by atoms with E-state index in [1.807, 2.05) is 0 Å². The maximum atomic E-state index is 10.1. The van der Waals surface area contributed by atoms with Gasteiger partial charge in [0.2, 0.25) is 0 Å². The van der Waals surface area contributed by atoms with Crippen molar-refractivity contribution in [3.05, 3.63) is 0 Å². The van der Waals surface area contributed by atoms with Crippen LogP contribution in [-0.4, -0.2) is 47.0 Å². The molecule has 0 aliphatic carbocycles. The molecule has 0 atom stereocenters. The zero-order chi connectivity index (χ0) is 7.40. The molecule has 0 unspecified atom stereocenters. The third-order valence-corrected chi connectivity index (χ3v) is 2.62. The summed E-state index contributed by atoms with van der Waals surface area (Å²) in [5, 5.41) is 0. The van der Waals surface area contributed by atoms with Gasteiger partial charge in [-0.1, -0.05) is 0 Å². The number of hydrogen-bond acceptors (Lipinski definition) is 3. The van der Waals surface area contributed by atoms with Crippen LogP contribution >= 0.6 is 22.9 Å². The summed E-state index contributed by atoms with van der Waals surface area (Å²) in [6.45, 7) is 4.82. The highest BCUT2D eigenvalue weighted by Crippen LogP contribution is 2.04. The van der Waals surface area contributed by atoms with Crippen molar-refractivity contribution >= 4 is 29.2 Å². The van der Waals surface area contributed by atoms with Gasteiger partial charge in [0, 0.05) is 49.0 Å². The van der Waals surface area contributed by atoms with E-state index in [0.29, 0.717) is 6.54 Å². The van der Waals surface area contributed by atoms with E-state index >= 15 is 0 Å². The Labute approximate surface area is 74.9 Å². The van der Waals surface area contributed by atoms with E-state index in [-0.39, 0.29) is 0 Å². The van der Waals surface area contributed by atoms with E-state index in [1.54, 1.807) is 0 Å². The van der Waals surface area contributed by atoms with Crippen LogP contribution in [-0.2, 0) is 4.79 Å². The molecule has 0 aromatic heterocycles. The average Bonchev–Trinajstić information content (AvgIpc) is 1.95. The number of piperazine rings is 1. The van der Waals surface area contributed by atoms with E-state index in [9.17, 15) is 4.79 Å². The molecule has 0 bridgehead atoms. The monoisotopic (exact) mass is 254 g/mol. The Bertz CT molecular complexity index is 112. The van der Waals surface area contributed by atoms with Crippen LogP contribution in [0.4, 0.5) is 0 Å². The van der Waals surface area contributed by atoms with Gasteiger partial charge in [0.25, 0.3) is 0 Å². The highest BCUT2D eigenvalue weighted by atomic mass is 127. The minimum Gasteiger partial charge on any atom is -0.302 e. The number of aldehydes is 1. The number of carbonyl (C=O) groups is 1. The summed E-state index contributed by atoms with van der Waals surface area (Å²) in [4.78, 5) is 12.3. The summed E-state index contributed by atoms with van der Waals surface area (Å²) < 4.78 is 2.25. The normalized spacial score (nSPS) is 22.9. The first-order chi connectivity index (χ1) is 4.83. The van der Waals surface area contributed by atoms with Gasteiger partial charge in [-0.15, -0.1) is 0 Å². The number of halogens is 1. The van der Waals surface area contributed by atoms with Crippen molar-refractivity contribution < 1.29 is 4.79 Å². The Hall–Kier alpha value is 0.320. The number of carbonyl (C=O) groups excluding carboxylic acids is 1. The number of rotatable bonds is 2. The van der Waals surface area contributed by atoms with Crippen LogP contribution < -0.4 is 0 Å². The van der Waals surface area contributed by atoms with Gasteiger partial charge < -0.3 is 4.79 Å². The van der Waals surface area contributed by atoms with E-state index in [0.717, 1.165) is 32.5 Å². The van der Waals surface area contributed by atoms with Crippen molar-refractivity contribution in [2.45, 2.75) is 0 Å². The van der Waals surface area contributed by atoms with Gasteiger partial charge in [-0.3, -0.25) is 4.90 Å². The van der Waals surface area contributed by atoms with Crippen molar-refractivity contribution in [3.63, 3.8) is 0 Å². The second-order valence-electron chi connectivity index (χ2n) is 2.38. The molecular weight excluding hydrogens is 243 g/mol. The summed E-state index contributed by atoms with van der Waals surface area (Å²) in [7, 11) is 0. The van der Waals surface area contributed by atoms with E-state index in [1.165, 1.54) is 0 Å². The molecular formula is C6H11IN2O. The number of nitrogens with zero attached hydrogens (tertiary/aromatic N) is 2. The fourth-order valence-electron chi connectivity index (χ4n) is 1.01. The van der Waals surface area contributed by atoms with Gasteiger partial charge >= 0.3 is 0 Å². The standard InChI is InChI=1S/C6H11IN2O/c7-9-3-1-8(2-4-9)5-6-10/h6H,1-5H2. The topological polar surface area (TPSA) is 23.6 Å². The SMILES string of the molecule is O=CCN1CCN(I)CC1. The molecule has 10 heavy (non-hydrogen) atoms. The van der Waals surface area contributed by atoms with Crippen LogP contribution in [0.5, 0.6) is 0 Å². The van der Waals surface area contributed by atoms with Crippen molar-refractivity contribution in [2.75, 3.05) is 32.7 Å². The van der Waals surface area contributed by atoms with E-state index in [4.69, 9.17) is 0 Å². The summed E-state index contributed by atoms with van der Waals surface area (Å²) in [6, 6.07) is 0. The molecule has 0 amide bonds. The van der Waals surface area contributed by atoms with Crippen molar-refractivity contribution in [2.24, 2.45) is 0 Å². The Morgan fingerprint density at radius 3 is 2.40 bits per heavy atom. The molecule has 1 fully saturated rings. The molecule has 4 heteroatoms. The molecule has 1 rings (SSSR count). The Morgan fingerprint density at radius 2 is 1.90 bits per heavy atom. The van der Waals surface area contributed by atoms with Crippen LogP contribution in [0.3, 0.4) is 0 Å². The molecule has 1 saturated heterocycles. The molecule has 1 aliphatic rings. The Kier molecular flexibility index (Phi) is 3.58. The van der Waals surface area contributed by atoms with Crippen molar-refractivity contribution in [3.8, 4) is 0 Å². The predicted molar refractivity (Wildman–Crippen MR) is 48.1 cm³/mol. The minimum atomic E-state index is 0.602. The quantitative estimate of drug-likeness (QED) is 0.398. The minimum absolute atomic E-state index is 0.602. The Morgan fingerprint density at radius 1 is 1.30 bits per heavy atom. The zero-order valence-electron chi connectivity index (χ0n) is 5.79. The third-order valence-electron chi connectivity index (χ3n) is 1.65. The van der Waals surface area contributed by atoms with Gasteiger partial charge in [0.15, 0.2) is 0 Å². The van der Waals surface area contributed by atoms with Crippen LogP contribution in [0.1, 0.15) is 0 Å². The first-order valence-corrected chi connectivity index (χ1v) is 4.36. The maximum Gasteiger partial charge on any atom is 0.133 e. The highest BCUT2D eigenvalue weighted by Gasteiger charge is 2.12. The molecule has 1 aliphatic heterocycles. The van der Waals surface area contributed by atoms with Crippen molar-refractivity contribution in [1.82, 2.24) is 8.01 Å². The summed E-state index contributed by atoms with van der Waals surface area (Å²) in [6.07, 6.45) is 0.975. The lowest BCUT2D eigenvalue weighted by Gasteiger charge is -2.29. The van der Waals surface area contributed by atoms with Gasteiger partial charge in [-0.05, 0) is 0 Å². The fourth-order valence-corrected chi connectivity index (χ4v) is 1.44. The van der Waals surface area contributed by atoms with Crippen molar-refractivity contribution in [1.29, 1.82) is 0 Å². The van der Waals surface area contributed by atoms with Gasteiger partial charge in [0.05, 0.1) is 6.54 Å². The van der Waals surface area contributed by atoms with Gasteiger partial charge in [-0.2, -0.15) is 0 Å². The predicted octanol–water partition coefficient (Wildman–Crippen LogP) is 0.153. The lowest BCUT2D eigenvalue weighted by atomic mass is 10.4. The lowest BCUT2D eigenvalue weighted by molar-refractivity contribution is -0.109. The first-order valence-electron chi connectivity index (χ1n) is 3.39. The van der Waals surface area contributed by atoms with Crippen LogP contribution in [0, 0.1) is 0 Å². The lowest BCUT2D eigenvalue weighted by Crippen LogP contribution is -2.42. The first kappa shape index (κ1) is 8.42. The smallest absolute Gasteiger partial charge is 0.133 e. The number of hydrogen-bond donors (Lipinski definition) is 0. The largest absolute Gasteiger partial charge is 0.302 e. The molecule has 1 heterocycles. The van der Waals surface area contributed by atoms with Crippen LogP contribution in [0.15, 0.2) is 0 Å². The second-order valence-corrected chi connectivity index (χ2v) is 3.74. The summed E-state index contributed by atoms with van der Waals surface area (Å²) in [5.41, 5.74) is 0. The molecule has 58 valence electrons. The molecule has 3 nitrogen and oxygen atoms in total. The van der Waals surface area contributed by atoms with Crippen LogP contribution in [0.2, 0.25) is 0 Å². The Balaban J connectivity index is 2.19. The fraction of sp³-hybridized carbons (Fsp3) is 0.833.